The molecule has 0 atom stereocenters. The van der Waals surface area contributed by atoms with Crippen molar-refractivity contribution in [3.63, 3.8) is 0 Å². The number of esters is 1. The van der Waals surface area contributed by atoms with Crippen LogP contribution >= 0.6 is 23.2 Å². The van der Waals surface area contributed by atoms with Gasteiger partial charge in [-0.2, -0.15) is 0 Å². The Balaban J connectivity index is 2.59. The monoisotopic (exact) mass is 260 g/mol. The van der Waals surface area contributed by atoms with Gasteiger partial charge in [0.2, 0.25) is 0 Å². The Hall–Kier alpha value is -0.730. The lowest BCUT2D eigenvalue weighted by molar-refractivity contribution is 0.0498. The molecule has 0 bridgehead atoms. The third kappa shape index (κ3) is 3.69. The molecular weight excluding hydrogens is 247 g/mol. The minimum atomic E-state index is -0.452. The average molecular weight is 261 g/mol. The fourth-order valence-corrected chi connectivity index (χ4v) is 1.83. The molecular formula is C12H14Cl2O2. The van der Waals surface area contributed by atoms with E-state index in [0.717, 1.165) is 19.3 Å². The first-order valence-electron chi connectivity index (χ1n) is 5.28. The van der Waals surface area contributed by atoms with Crippen LogP contribution < -0.4 is 0 Å². The van der Waals surface area contributed by atoms with E-state index in [4.69, 9.17) is 27.9 Å². The SMILES string of the molecule is CCCCCOC(=O)c1c(Cl)cccc1Cl. The lowest BCUT2D eigenvalue weighted by Crippen LogP contribution is -2.07. The van der Waals surface area contributed by atoms with E-state index in [0.29, 0.717) is 16.7 Å². The number of ether oxygens (including phenoxy) is 1. The summed E-state index contributed by atoms with van der Waals surface area (Å²) >= 11 is 11.8. The van der Waals surface area contributed by atoms with E-state index in [1.165, 1.54) is 0 Å². The van der Waals surface area contributed by atoms with Crippen LogP contribution in [0.2, 0.25) is 10.0 Å². The van der Waals surface area contributed by atoms with Crippen molar-refractivity contribution in [3.8, 4) is 0 Å². The largest absolute Gasteiger partial charge is 0.462 e. The predicted molar refractivity (Wildman–Crippen MR) is 66.3 cm³/mol. The number of hydrogen-bond acceptors (Lipinski definition) is 2. The second kappa shape index (κ2) is 6.77. The smallest absolute Gasteiger partial charge is 0.341 e. The highest BCUT2D eigenvalue weighted by Crippen LogP contribution is 2.24. The summed E-state index contributed by atoms with van der Waals surface area (Å²) in [6.07, 6.45) is 3.00. The molecule has 0 aromatic heterocycles. The van der Waals surface area contributed by atoms with E-state index in [1.807, 2.05) is 0 Å². The standard InChI is InChI=1S/C12H14Cl2O2/c1-2-3-4-8-16-12(15)11-9(13)6-5-7-10(11)14/h5-7H,2-4,8H2,1H3. The third-order valence-electron chi connectivity index (χ3n) is 2.15. The second-order valence-corrected chi connectivity index (χ2v) is 4.25. The molecule has 0 radical (unpaired) electrons. The van der Waals surface area contributed by atoms with Crippen LogP contribution in [0.5, 0.6) is 0 Å². The molecule has 0 aliphatic heterocycles. The minimum absolute atomic E-state index is 0.252. The molecule has 1 rings (SSSR count). The molecule has 0 saturated carbocycles. The van der Waals surface area contributed by atoms with Gasteiger partial charge in [-0.1, -0.05) is 49.0 Å². The van der Waals surface area contributed by atoms with Crippen LogP contribution in [0.25, 0.3) is 0 Å². The zero-order chi connectivity index (χ0) is 12.0. The van der Waals surface area contributed by atoms with Crippen molar-refractivity contribution in [1.82, 2.24) is 0 Å². The van der Waals surface area contributed by atoms with Gasteiger partial charge in [0.25, 0.3) is 0 Å². The van der Waals surface area contributed by atoms with Gasteiger partial charge >= 0.3 is 5.97 Å². The summed E-state index contributed by atoms with van der Waals surface area (Å²) in [5, 5.41) is 0.654. The molecule has 0 unspecified atom stereocenters. The zero-order valence-electron chi connectivity index (χ0n) is 9.13. The van der Waals surface area contributed by atoms with Crippen LogP contribution in [0.3, 0.4) is 0 Å². The number of hydrogen-bond donors (Lipinski definition) is 0. The maximum atomic E-state index is 11.7. The van der Waals surface area contributed by atoms with Crippen molar-refractivity contribution in [1.29, 1.82) is 0 Å². The Morgan fingerprint density at radius 2 is 1.88 bits per heavy atom. The molecule has 0 heterocycles. The Bertz CT molecular complexity index is 344. The Kier molecular flexibility index (Phi) is 5.64. The van der Waals surface area contributed by atoms with Gasteiger partial charge in [-0.25, -0.2) is 4.79 Å². The van der Waals surface area contributed by atoms with Crippen LogP contribution in [0.1, 0.15) is 36.5 Å². The van der Waals surface area contributed by atoms with E-state index in [-0.39, 0.29) is 5.56 Å². The highest BCUT2D eigenvalue weighted by molar-refractivity contribution is 6.39. The van der Waals surface area contributed by atoms with Crippen LogP contribution in [0.15, 0.2) is 18.2 Å². The number of carbonyl (C=O) groups is 1. The Labute approximate surface area is 106 Å². The summed E-state index contributed by atoms with van der Waals surface area (Å²) in [7, 11) is 0. The number of halogens is 2. The highest BCUT2D eigenvalue weighted by Gasteiger charge is 2.15. The summed E-state index contributed by atoms with van der Waals surface area (Å²) in [5.41, 5.74) is 0.252. The van der Waals surface area contributed by atoms with Crippen molar-refractivity contribution in [3.05, 3.63) is 33.8 Å². The Morgan fingerprint density at radius 3 is 2.44 bits per heavy atom. The van der Waals surface area contributed by atoms with Gasteiger partial charge in [0.1, 0.15) is 0 Å². The summed E-state index contributed by atoms with van der Waals surface area (Å²) in [4.78, 5) is 11.7. The normalized spacial score (nSPS) is 10.2. The van der Waals surface area contributed by atoms with E-state index in [1.54, 1.807) is 18.2 Å². The first-order chi connectivity index (χ1) is 7.66. The molecule has 0 fully saturated rings. The van der Waals surface area contributed by atoms with E-state index in [9.17, 15) is 4.79 Å². The fourth-order valence-electron chi connectivity index (χ4n) is 1.28. The molecule has 1 aromatic carbocycles. The van der Waals surface area contributed by atoms with E-state index < -0.39 is 5.97 Å². The summed E-state index contributed by atoms with van der Waals surface area (Å²) in [6.45, 7) is 2.50. The molecule has 88 valence electrons. The molecule has 1 aromatic rings. The molecule has 0 saturated heterocycles. The van der Waals surface area contributed by atoms with Gasteiger partial charge in [0.05, 0.1) is 22.2 Å². The maximum absolute atomic E-state index is 11.7. The summed E-state index contributed by atoms with van der Waals surface area (Å²) < 4.78 is 5.08. The molecule has 0 N–H and O–H groups in total. The van der Waals surface area contributed by atoms with Crippen LogP contribution in [-0.4, -0.2) is 12.6 Å². The molecule has 0 amide bonds. The van der Waals surface area contributed by atoms with Gasteiger partial charge in [-0.15, -0.1) is 0 Å². The molecule has 0 aliphatic rings. The number of benzene rings is 1. The number of unbranched alkanes of at least 4 members (excludes halogenated alkanes) is 2. The Morgan fingerprint density at radius 1 is 1.25 bits per heavy atom. The first kappa shape index (κ1) is 13.3. The maximum Gasteiger partial charge on any atom is 0.341 e. The third-order valence-corrected chi connectivity index (χ3v) is 2.78. The van der Waals surface area contributed by atoms with E-state index in [2.05, 4.69) is 6.92 Å². The molecule has 4 heteroatoms. The average Bonchev–Trinajstić information content (AvgIpc) is 2.24. The fraction of sp³-hybridized carbons (Fsp3) is 0.417. The van der Waals surface area contributed by atoms with Gasteiger partial charge in [0.15, 0.2) is 0 Å². The number of rotatable bonds is 5. The molecule has 0 spiro atoms. The first-order valence-corrected chi connectivity index (χ1v) is 6.03. The van der Waals surface area contributed by atoms with Crippen LogP contribution in [-0.2, 0) is 4.74 Å². The molecule has 16 heavy (non-hydrogen) atoms. The topological polar surface area (TPSA) is 26.3 Å². The van der Waals surface area contributed by atoms with Crippen LogP contribution in [0.4, 0.5) is 0 Å². The van der Waals surface area contributed by atoms with Crippen molar-refractivity contribution in [2.45, 2.75) is 26.2 Å². The molecule has 2 nitrogen and oxygen atoms in total. The van der Waals surface area contributed by atoms with E-state index >= 15 is 0 Å². The zero-order valence-corrected chi connectivity index (χ0v) is 10.6. The highest BCUT2D eigenvalue weighted by atomic mass is 35.5. The van der Waals surface area contributed by atoms with Gasteiger partial charge in [-0.3, -0.25) is 0 Å². The van der Waals surface area contributed by atoms with Gasteiger partial charge < -0.3 is 4.74 Å². The summed E-state index contributed by atoms with van der Waals surface area (Å²) in [6, 6.07) is 4.94. The summed E-state index contributed by atoms with van der Waals surface area (Å²) in [5.74, 6) is -0.452. The predicted octanol–water partition coefficient (Wildman–Crippen LogP) is 4.34. The van der Waals surface area contributed by atoms with Crippen molar-refractivity contribution in [2.75, 3.05) is 6.61 Å². The number of carbonyl (C=O) groups excluding carboxylic acids is 1. The quantitative estimate of drug-likeness (QED) is 0.582. The van der Waals surface area contributed by atoms with Gasteiger partial charge in [-0.05, 0) is 18.6 Å². The van der Waals surface area contributed by atoms with Crippen molar-refractivity contribution < 1.29 is 9.53 Å². The minimum Gasteiger partial charge on any atom is -0.462 e. The molecule has 0 aliphatic carbocycles. The lowest BCUT2D eigenvalue weighted by Gasteiger charge is -2.07. The van der Waals surface area contributed by atoms with Gasteiger partial charge in [0, 0.05) is 0 Å². The van der Waals surface area contributed by atoms with Crippen molar-refractivity contribution >= 4 is 29.2 Å². The second-order valence-electron chi connectivity index (χ2n) is 3.44. The van der Waals surface area contributed by atoms with Crippen LogP contribution in [0, 0.1) is 0 Å². The van der Waals surface area contributed by atoms with Crippen molar-refractivity contribution in [2.24, 2.45) is 0 Å². The lowest BCUT2D eigenvalue weighted by atomic mass is 10.2.